The molecule has 0 fully saturated rings. The van der Waals surface area contributed by atoms with Gasteiger partial charge in [0.25, 0.3) is 10.0 Å². The van der Waals surface area contributed by atoms with Crippen molar-refractivity contribution >= 4 is 39.4 Å². The monoisotopic (exact) mass is 389 g/mol. The highest BCUT2D eigenvalue weighted by Gasteiger charge is 2.29. The molecule has 1 aliphatic rings. The van der Waals surface area contributed by atoms with Gasteiger partial charge in [-0.1, -0.05) is 35.9 Å². The second-order valence-corrected chi connectivity index (χ2v) is 7.60. The number of nitrogens with one attached hydrogen (secondary N) is 2. The van der Waals surface area contributed by atoms with E-state index in [2.05, 4.69) is 15.0 Å². The van der Waals surface area contributed by atoms with E-state index < -0.39 is 10.0 Å². The first-order valence-electron chi connectivity index (χ1n) is 7.84. The van der Waals surface area contributed by atoms with E-state index in [0.717, 1.165) is 5.56 Å². The summed E-state index contributed by atoms with van der Waals surface area (Å²) in [6.07, 6.45) is 3.07. The Morgan fingerprint density at radius 3 is 2.81 bits per heavy atom. The molecule has 26 heavy (non-hydrogen) atoms. The topological polar surface area (TPSA) is 87.6 Å². The largest absolute Gasteiger partial charge is 0.351 e. The van der Waals surface area contributed by atoms with Crippen molar-refractivity contribution in [3.05, 3.63) is 70.8 Å². The predicted octanol–water partition coefficient (Wildman–Crippen LogP) is 2.21. The second kappa shape index (κ2) is 7.72. The van der Waals surface area contributed by atoms with Crippen LogP contribution in [0, 0.1) is 0 Å². The molecule has 0 bridgehead atoms. The van der Waals surface area contributed by atoms with Gasteiger partial charge >= 0.3 is 0 Å². The van der Waals surface area contributed by atoms with Crippen molar-refractivity contribution in [2.45, 2.75) is 4.90 Å². The lowest BCUT2D eigenvalue weighted by molar-refractivity contribution is -0.116. The minimum atomic E-state index is -3.54. The number of amidine groups is 1. The van der Waals surface area contributed by atoms with Crippen LogP contribution in [-0.4, -0.2) is 33.3 Å². The molecule has 0 saturated heterocycles. The van der Waals surface area contributed by atoms with E-state index >= 15 is 0 Å². The molecule has 134 valence electrons. The van der Waals surface area contributed by atoms with Crippen molar-refractivity contribution in [2.75, 3.05) is 13.1 Å². The summed E-state index contributed by atoms with van der Waals surface area (Å²) in [5.41, 5.74) is 1.37. The van der Waals surface area contributed by atoms with Gasteiger partial charge in [0.1, 0.15) is 5.84 Å². The Kier molecular flexibility index (Phi) is 5.39. The molecule has 2 N–H and O–H groups in total. The van der Waals surface area contributed by atoms with Crippen LogP contribution in [0.5, 0.6) is 0 Å². The molecule has 0 saturated carbocycles. The first kappa shape index (κ1) is 18.2. The smallest absolute Gasteiger partial charge is 0.263 e. The van der Waals surface area contributed by atoms with E-state index in [1.54, 1.807) is 42.5 Å². The zero-order valence-corrected chi connectivity index (χ0v) is 15.2. The molecule has 0 radical (unpaired) electrons. The van der Waals surface area contributed by atoms with Gasteiger partial charge in [-0.3, -0.25) is 14.5 Å². The average molecular weight is 390 g/mol. The maximum atomic E-state index is 12.0. The number of nitrogens with zero attached hydrogens (tertiary/aromatic N) is 1. The van der Waals surface area contributed by atoms with Crippen LogP contribution < -0.4 is 10.0 Å². The third-order valence-corrected chi connectivity index (χ3v) is 5.25. The summed E-state index contributed by atoms with van der Waals surface area (Å²) in [6.45, 7) is 0.537. The average Bonchev–Trinajstić information content (AvgIpc) is 2.88. The number of hydrogen-bond acceptors (Lipinski definition) is 4. The van der Waals surface area contributed by atoms with Gasteiger partial charge in [0, 0.05) is 23.2 Å². The number of rotatable bonds is 5. The minimum Gasteiger partial charge on any atom is -0.351 e. The van der Waals surface area contributed by atoms with Crippen molar-refractivity contribution in [2.24, 2.45) is 4.99 Å². The van der Waals surface area contributed by atoms with Crippen molar-refractivity contribution in [3.63, 3.8) is 0 Å². The molecule has 0 aromatic heterocycles. The van der Waals surface area contributed by atoms with E-state index in [9.17, 15) is 13.2 Å². The summed E-state index contributed by atoms with van der Waals surface area (Å²) in [5, 5.41) is 3.29. The number of hydrogen-bond donors (Lipinski definition) is 2. The van der Waals surface area contributed by atoms with Gasteiger partial charge in [0.15, 0.2) is 0 Å². The fraction of sp³-hybridized carbons (Fsp3) is 0.111. The van der Waals surface area contributed by atoms with Crippen LogP contribution in [-0.2, 0) is 14.8 Å². The number of sulfonamides is 1. The maximum Gasteiger partial charge on any atom is 0.263 e. The zero-order valence-electron chi connectivity index (χ0n) is 13.6. The van der Waals surface area contributed by atoms with E-state index in [1.165, 1.54) is 12.1 Å². The lowest BCUT2D eigenvalue weighted by Crippen LogP contribution is -2.26. The molecule has 3 rings (SSSR count). The van der Waals surface area contributed by atoms with Crippen molar-refractivity contribution in [1.82, 2.24) is 10.0 Å². The van der Waals surface area contributed by atoms with Gasteiger partial charge in [0.2, 0.25) is 5.91 Å². The summed E-state index contributed by atoms with van der Waals surface area (Å²) in [5.74, 6) is 0.0295. The fourth-order valence-electron chi connectivity index (χ4n) is 2.44. The van der Waals surface area contributed by atoms with Crippen LogP contribution in [0.3, 0.4) is 0 Å². The highest BCUT2D eigenvalue weighted by Crippen LogP contribution is 2.21. The lowest BCUT2D eigenvalue weighted by atomic mass is 10.2. The van der Waals surface area contributed by atoms with Crippen LogP contribution in [0.2, 0.25) is 5.02 Å². The molecule has 1 amide bonds. The van der Waals surface area contributed by atoms with E-state index in [0.29, 0.717) is 16.4 Å². The molecule has 1 aliphatic heterocycles. The molecule has 2 aromatic rings. The number of amides is 1. The lowest BCUT2D eigenvalue weighted by Gasteiger charge is -2.01. The third kappa shape index (κ3) is 4.30. The second-order valence-electron chi connectivity index (χ2n) is 5.51. The van der Waals surface area contributed by atoms with Gasteiger partial charge in [0.05, 0.1) is 11.4 Å². The molecule has 0 spiro atoms. The number of aliphatic imine (C=N–C) groups is 1. The third-order valence-electron chi connectivity index (χ3n) is 3.62. The summed E-state index contributed by atoms with van der Waals surface area (Å²) < 4.78 is 26.4. The summed E-state index contributed by atoms with van der Waals surface area (Å²) in [4.78, 5) is 16.3. The highest BCUT2D eigenvalue weighted by atomic mass is 35.5. The van der Waals surface area contributed by atoms with Crippen molar-refractivity contribution < 1.29 is 13.2 Å². The molecule has 0 unspecified atom stereocenters. The van der Waals surface area contributed by atoms with Gasteiger partial charge < -0.3 is 5.32 Å². The molecule has 0 atom stereocenters. The standard InChI is InChI=1S/C18H16ClN3O3S/c19-14-5-3-4-13(12-14)8-9-17(23)20-10-11-21-18-15-6-1-2-7-16(15)26(24,25)22-18/h1-9,12H,10-11H2,(H,20,23)(H,21,22)/b9-8+. The van der Waals surface area contributed by atoms with E-state index in [1.807, 2.05) is 6.07 Å². The summed E-state index contributed by atoms with van der Waals surface area (Å²) >= 11 is 5.88. The van der Waals surface area contributed by atoms with Gasteiger partial charge in [-0.15, -0.1) is 0 Å². The number of carbonyl (C=O) groups excluding carboxylic acids is 1. The number of carbonyl (C=O) groups is 1. The Hall–Kier alpha value is -2.64. The minimum absolute atomic E-state index is 0.215. The zero-order chi connectivity index (χ0) is 18.6. The summed E-state index contributed by atoms with van der Waals surface area (Å²) in [6, 6.07) is 13.8. The normalized spacial score (nSPS) is 16.4. The van der Waals surface area contributed by atoms with Crippen molar-refractivity contribution in [1.29, 1.82) is 0 Å². The first-order valence-corrected chi connectivity index (χ1v) is 9.70. The van der Waals surface area contributed by atoms with Gasteiger partial charge in [-0.05, 0) is 35.9 Å². The molecule has 2 aromatic carbocycles. The van der Waals surface area contributed by atoms with Crippen LogP contribution in [0.25, 0.3) is 6.08 Å². The van der Waals surface area contributed by atoms with Gasteiger partial charge in [-0.25, -0.2) is 8.42 Å². The first-order chi connectivity index (χ1) is 12.5. The molecule has 0 aliphatic carbocycles. The van der Waals surface area contributed by atoms with Crippen LogP contribution in [0.1, 0.15) is 11.1 Å². The number of halogens is 1. The molecule has 8 heteroatoms. The number of benzene rings is 2. The Labute approximate surface area is 156 Å². The van der Waals surface area contributed by atoms with Crippen LogP contribution in [0.4, 0.5) is 0 Å². The van der Waals surface area contributed by atoms with Crippen LogP contribution >= 0.6 is 11.6 Å². The SMILES string of the molecule is O=C(/C=C/c1cccc(Cl)c1)NCCN=C1NS(=O)(=O)c2ccccc21. The Morgan fingerprint density at radius 1 is 1.19 bits per heavy atom. The Balaban J connectivity index is 1.54. The molecule has 6 nitrogen and oxygen atoms in total. The maximum absolute atomic E-state index is 12.0. The fourth-order valence-corrected chi connectivity index (χ4v) is 3.89. The quantitative estimate of drug-likeness (QED) is 0.607. The Morgan fingerprint density at radius 2 is 2.00 bits per heavy atom. The summed E-state index contributed by atoms with van der Waals surface area (Å²) in [7, 11) is -3.54. The number of fused-ring (bicyclic) bond motifs is 1. The molecular formula is C18H16ClN3O3S. The van der Waals surface area contributed by atoms with E-state index in [-0.39, 0.29) is 23.9 Å². The predicted molar refractivity (Wildman–Crippen MR) is 102 cm³/mol. The highest BCUT2D eigenvalue weighted by molar-refractivity contribution is 7.90. The van der Waals surface area contributed by atoms with Crippen molar-refractivity contribution in [3.8, 4) is 0 Å². The Bertz CT molecular complexity index is 1000. The van der Waals surface area contributed by atoms with E-state index in [4.69, 9.17) is 11.6 Å². The molecule has 1 heterocycles. The van der Waals surface area contributed by atoms with Gasteiger partial charge in [-0.2, -0.15) is 0 Å². The molecular weight excluding hydrogens is 374 g/mol. The van der Waals surface area contributed by atoms with Crippen LogP contribution in [0.15, 0.2) is 64.5 Å².